The second-order valence-corrected chi connectivity index (χ2v) is 9.93. The highest BCUT2D eigenvalue weighted by Gasteiger charge is 2.29. The number of anilines is 3. The molecule has 0 unspecified atom stereocenters. The van der Waals surface area contributed by atoms with Gasteiger partial charge in [-0.15, -0.1) is 0 Å². The van der Waals surface area contributed by atoms with Crippen molar-refractivity contribution in [1.82, 2.24) is 10.3 Å². The Morgan fingerprint density at radius 2 is 1.89 bits per heavy atom. The summed E-state index contributed by atoms with van der Waals surface area (Å²) in [5.41, 5.74) is 0.128. The van der Waals surface area contributed by atoms with Gasteiger partial charge < -0.3 is 25.4 Å². The number of carbonyl (C=O) groups excluding carboxylic acids is 1. The van der Waals surface area contributed by atoms with E-state index >= 15 is 0 Å². The molecule has 1 aliphatic rings. The molecule has 35 heavy (non-hydrogen) atoms. The molecule has 1 heterocycles. The fourth-order valence-electron chi connectivity index (χ4n) is 3.94. The van der Waals surface area contributed by atoms with Crippen LogP contribution < -0.4 is 20.7 Å². The monoisotopic (exact) mass is 483 g/mol. The van der Waals surface area contributed by atoms with E-state index in [2.05, 4.69) is 20.9 Å². The van der Waals surface area contributed by atoms with Crippen LogP contribution in [0.2, 0.25) is 0 Å². The van der Waals surface area contributed by atoms with Crippen LogP contribution in [0, 0.1) is 17.1 Å². The molecule has 0 saturated heterocycles. The van der Waals surface area contributed by atoms with Gasteiger partial charge in [0.25, 0.3) is 0 Å². The van der Waals surface area contributed by atoms with E-state index in [0.29, 0.717) is 11.4 Å². The first kappa shape index (κ1) is 26.1. The molecule has 1 fully saturated rings. The first-order valence-corrected chi connectivity index (χ1v) is 11.9. The fraction of sp³-hybridized carbons (Fsp3) is 0.500. The molecule has 0 bridgehead atoms. The first-order chi connectivity index (χ1) is 16.5. The number of alkyl carbamates (subject to hydrolysis) is 1. The summed E-state index contributed by atoms with van der Waals surface area (Å²) >= 11 is 0. The Labute approximate surface area is 206 Å². The summed E-state index contributed by atoms with van der Waals surface area (Å²) in [5, 5.41) is 18.7. The van der Waals surface area contributed by atoms with Crippen molar-refractivity contribution in [3.63, 3.8) is 0 Å². The molecule has 1 aliphatic carbocycles. The lowest BCUT2D eigenvalue weighted by Gasteiger charge is -2.33. The molecule has 3 N–H and O–H groups in total. The summed E-state index contributed by atoms with van der Waals surface area (Å²) in [5.74, 6) is 0.280. The molecule has 2 atom stereocenters. The second-order valence-electron chi connectivity index (χ2n) is 9.93. The van der Waals surface area contributed by atoms with Gasteiger partial charge in [-0.2, -0.15) is 5.26 Å². The molecular weight excluding hydrogens is 449 g/mol. The summed E-state index contributed by atoms with van der Waals surface area (Å²) in [6.07, 6.45) is 2.87. The van der Waals surface area contributed by atoms with Gasteiger partial charge in [0.15, 0.2) is 17.5 Å². The Balaban J connectivity index is 1.80. The van der Waals surface area contributed by atoms with Gasteiger partial charge in [0.2, 0.25) is 0 Å². The standard InChI is InChI=1S/C26H34FN5O3/c1-16(2)34-19-10-8-9-18(14-19)29-23-17(15-28)13-20(27)24(32-23)30-21-11-6-7-12-22(21)31-25(33)35-26(3,4)5/h8-10,13-14,16,21-22H,6-7,11-12H2,1-5H3,(H,31,33)(H2,29,30,32)/t21-,22+/m1/s1. The van der Waals surface area contributed by atoms with E-state index in [1.807, 2.05) is 38.1 Å². The molecule has 188 valence electrons. The highest BCUT2D eigenvalue weighted by Crippen LogP contribution is 2.28. The number of hydrogen-bond donors (Lipinski definition) is 3. The van der Waals surface area contributed by atoms with Crippen LogP contribution in [0.1, 0.15) is 65.9 Å². The van der Waals surface area contributed by atoms with Gasteiger partial charge in [-0.05, 0) is 65.7 Å². The zero-order valence-corrected chi connectivity index (χ0v) is 20.9. The number of nitrogens with zero attached hydrogens (tertiary/aromatic N) is 2. The van der Waals surface area contributed by atoms with Crippen LogP contribution >= 0.6 is 0 Å². The number of rotatable bonds is 7. The van der Waals surface area contributed by atoms with Gasteiger partial charge in [0, 0.05) is 17.8 Å². The zero-order valence-electron chi connectivity index (χ0n) is 20.9. The lowest BCUT2D eigenvalue weighted by molar-refractivity contribution is 0.0488. The van der Waals surface area contributed by atoms with E-state index in [9.17, 15) is 14.4 Å². The number of halogens is 1. The topological polar surface area (TPSA) is 108 Å². The Morgan fingerprint density at radius 3 is 2.54 bits per heavy atom. The van der Waals surface area contributed by atoms with Gasteiger partial charge in [-0.3, -0.25) is 0 Å². The largest absolute Gasteiger partial charge is 0.491 e. The highest BCUT2D eigenvalue weighted by atomic mass is 19.1. The Kier molecular flexibility index (Phi) is 8.39. The van der Waals surface area contributed by atoms with E-state index in [1.54, 1.807) is 26.8 Å². The Hall–Kier alpha value is -3.54. The van der Waals surface area contributed by atoms with E-state index in [-0.39, 0.29) is 35.4 Å². The number of amides is 1. The maximum absolute atomic E-state index is 14.9. The molecule has 1 aromatic heterocycles. The van der Waals surface area contributed by atoms with E-state index in [1.165, 1.54) is 0 Å². The minimum Gasteiger partial charge on any atom is -0.491 e. The third-order valence-electron chi connectivity index (χ3n) is 5.36. The van der Waals surface area contributed by atoms with Crippen molar-refractivity contribution in [2.45, 2.75) is 84.1 Å². The van der Waals surface area contributed by atoms with Crippen molar-refractivity contribution in [2.24, 2.45) is 0 Å². The van der Waals surface area contributed by atoms with Crippen LogP contribution in [0.4, 0.5) is 26.5 Å². The summed E-state index contributed by atoms with van der Waals surface area (Å²) in [6.45, 7) is 9.28. The van der Waals surface area contributed by atoms with Crippen molar-refractivity contribution >= 4 is 23.4 Å². The summed E-state index contributed by atoms with van der Waals surface area (Å²) in [6, 6.07) is 9.94. The van der Waals surface area contributed by atoms with Crippen LogP contribution in [-0.4, -0.2) is 34.9 Å². The molecule has 2 aromatic rings. The van der Waals surface area contributed by atoms with Gasteiger partial charge in [0.05, 0.1) is 17.7 Å². The molecule has 3 rings (SSSR count). The SMILES string of the molecule is CC(C)Oc1cccc(Nc2nc(N[C@@H]3CCCC[C@@H]3NC(=O)OC(C)(C)C)c(F)cc2C#N)c1. The first-order valence-electron chi connectivity index (χ1n) is 11.9. The Bertz CT molecular complexity index is 1080. The van der Waals surface area contributed by atoms with E-state index in [0.717, 1.165) is 31.7 Å². The summed E-state index contributed by atoms with van der Waals surface area (Å²) in [7, 11) is 0. The van der Waals surface area contributed by atoms with Gasteiger partial charge >= 0.3 is 6.09 Å². The van der Waals surface area contributed by atoms with Crippen molar-refractivity contribution in [2.75, 3.05) is 10.6 Å². The Morgan fingerprint density at radius 1 is 1.17 bits per heavy atom. The molecule has 8 nitrogen and oxygen atoms in total. The molecule has 0 spiro atoms. The number of hydrogen-bond acceptors (Lipinski definition) is 7. The number of aromatic nitrogens is 1. The number of nitrogens with one attached hydrogen (secondary N) is 3. The minimum atomic E-state index is -0.634. The lowest BCUT2D eigenvalue weighted by Crippen LogP contribution is -2.50. The van der Waals surface area contributed by atoms with Gasteiger partial charge in [-0.25, -0.2) is 14.2 Å². The highest BCUT2D eigenvalue weighted by molar-refractivity contribution is 5.69. The van der Waals surface area contributed by atoms with Crippen LogP contribution in [-0.2, 0) is 4.74 Å². The van der Waals surface area contributed by atoms with Crippen LogP contribution in [0.15, 0.2) is 30.3 Å². The second kappa shape index (κ2) is 11.3. The predicted molar refractivity (Wildman–Crippen MR) is 133 cm³/mol. The third kappa shape index (κ3) is 7.74. The number of ether oxygens (including phenoxy) is 2. The summed E-state index contributed by atoms with van der Waals surface area (Å²) < 4.78 is 26.0. The molecule has 1 saturated carbocycles. The van der Waals surface area contributed by atoms with Crippen molar-refractivity contribution < 1.29 is 18.7 Å². The molecule has 9 heteroatoms. The number of pyridine rings is 1. The zero-order chi connectivity index (χ0) is 25.6. The third-order valence-corrected chi connectivity index (χ3v) is 5.36. The number of benzene rings is 1. The lowest BCUT2D eigenvalue weighted by atomic mass is 9.90. The van der Waals surface area contributed by atoms with E-state index < -0.39 is 17.5 Å². The van der Waals surface area contributed by atoms with Crippen molar-refractivity contribution in [1.29, 1.82) is 5.26 Å². The molecule has 0 aliphatic heterocycles. The fourth-order valence-corrected chi connectivity index (χ4v) is 3.94. The maximum Gasteiger partial charge on any atom is 0.407 e. The summed E-state index contributed by atoms with van der Waals surface area (Å²) in [4.78, 5) is 16.7. The average molecular weight is 484 g/mol. The van der Waals surface area contributed by atoms with Crippen molar-refractivity contribution in [3.8, 4) is 11.8 Å². The smallest absolute Gasteiger partial charge is 0.407 e. The van der Waals surface area contributed by atoms with Crippen LogP contribution in [0.5, 0.6) is 5.75 Å². The average Bonchev–Trinajstić information content (AvgIpc) is 2.75. The minimum absolute atomic E-state index is 0.0115. The van der Waals surface area contributed by atoms with Crippen molar-refractivity contribution in [3.05, 3.63) is 41.7 Å². The quantitative estimate of drug-likeness (QED) is 0.452. The molecule has 1 aromatic carbocycles. The predicted octanol–water partition coefficient (Wildman–Crippen LogP) is 5.87. The van der Waals surface area contributed by atoms with E-state index in [4.69, 9.17) is 9.47 Å². The molecule has 0 radical (unpaired) electrons. The van der Waals surface area contributed by atoms with Gasteiger partial charge in [-0.1, -0.05) is 18.9 Å². The number of nitriles is 1. The molecule has 1 amide bonds. The maximum atomic E-state index is 14.9. The number of carbonyl (C=O) groups is 1. The molecular formula is C26H34FN5O3. The van der Waals surface area contributed by atoms with Crippen LogP contribution in [0.3, 0.4) is 0 Å². The van der Waals surface area contributed by atoms with Crippen LogP contribution in [0.25, 0.3) is 0 Å². The normalized spacial score (nSPS) is 17.9. The van der Waals surface area contributed by atoms with Gasteiger partial charge in [0.1, 0.15) is 17.4 Å².